The van der Waals surface area contributed by atoms with Crippen molar-refractivity contribution >= 4 is 17.7 Å². The van der Waals surface area contributed by atoms with E-state index in [4.69, 9.17) is 0 Å². The van der Waals surface area contributed by atoms with Crippen molar-refractivity contribution in [3.8, 4) is 0 Å². The molecule has 0 aromatic carbocycles. The molecule has 0 aromatic heterocycles. The Morgan fingerprint density at radius 3 is 2.31 bits per heavy atom. The van der Waals surface area contributed by atoms with Gasteiger partial charge in [0.2, 0.25) is 5.91 Å². The first kappa shape index (κ1) is 11.4. The summed E-state index contributed by atoms with van der Waals surface area (Å²) in [4.78, 5) is 25.0. The predicted octanol–water partition coefficient (Wildman–Crippen LogP) is 0.228. The zero-order valence-electron chi connectivity index (χ0n) is 7.88. The third kappa shape index (κ3) is 4.73. The molecule has 0 saturated carbocycles. The molecule has 1 N–H and O–H groups in total. The lowest BCUT2D eigenvalue weighted by Crippen LogP contribution is -2.25. The Bertz CT molecular complexity index is 269. The monoisotopic (exact) mass is 184 g/mol. The van der Waals surface area contributed by atoms with E-state index in [1.54, 1.807) is 6.92 Å². The maximum absolute atomic E-state index is 10.8. The van der Waals surface area contributed by atoms with Crippen molar-refractivity contribution in [1.29, 1.82) is 0 Å². The molecule has 5 nitrogen and oxygen atoms in total. The number of amides is 1. The quantitative estimate of drug-likeness (QED) is 0.289. The van der Waals surface area contributed by atoms with E-state index in [9.17, 15) is 9.59 Å². The molecule has 1 amide bonds. The number of esters is 1. The number of nitrogens with zero attached hydrogens (tertiary/aromatic N) is 1. The van der Waals surface area contributed by atoms with Gasteiger partial charge in [-0.25, -0.2) is 9.79 Å². The summed E-state index contributed by atoms with van der Waals surface area (Å²) in [5.74, 6) is -0.563. The van der Waals surface area contributed by atoms with Crippen molar-refractivity contribution in [1.82, 2.24) is 5.32 Å². The lowest BCUT2D eigenvalue weighted by Gasteiger charge is -2.01. The molecule has 0 radical (unpaired) electrons. The normalized spacial score (nSPS) is 10.5. The van der Waals surface area contributed by atoms with Gasteiger partial charge in [0.05, 0.1) is 7.11 Å². The summed E-state index contributed by atoms with van der Waals surface area (Å²) < 4.78 is 4.36. The summed E-state index contributed by atoms with van der Waals surface area (Å²) in [6.07, 6.45) is 0. The van der Waals surface area contributed by atoms with Crippen LogP contribution < -0.4 is 5.32 Å². The van der Waals surface area contributed by atoms with E-state index in [-0.39, 0.29) is 11.6 Å². The molecule has 5 heteroatoms. The molecular weight excluding hydrogens is 172 g/mol. The molecule has 0 aromatic rings. The number of hydrogen-bond donors (Lipinski definition) is 1. The molecule has 0 saturated heterocycles. The van der Waals surface area contributed by atoms with Crippen LogP contribution in [-0.4, -0.2) is 24.8 Å². The second-order valence-corrected chi connectivity index (χ2v) is 2.32. The van der Waals surface area contributed by atoms with Gasteiger partial charge in [-0.3, -0.25) is 4.79 Å². The minimum absolute atomic E-state index is 0.0475. The van der Waals surface area contributed by atoms with Gasteiger partial charge >= 0.3 is 5.97 Å². The summed E-state index contributed by atoms with van der Waals surface area (Å²) in [7, 11) is 1.23. The highest BCUT2D eigenvalue weighted by molar-refractivity contribution is 5.99. The van der Waals surface area contributed by atoms with Crippen LogP contribution in [0.2, 0.25) is 0 Å². The van der Waals surface area contributed by atoms with Crippen LogP contribution in [0.1, 0.15) is 13.8 Å². The van der Waals surface area contributed by atoms with Crippen molar-refractivity contribution in [3.63, 3.8) is 0 Å². The van der Waals surface area contributed by atoms with Crippen LogP contribution in [0.15, 0.2) is 17.3 Å². The summed E-state index contributed by atoms with van der Waals surface area (Å²) in [5.41, 5.74) is -0.0475. The van der Waals surface area contributed by atoms with E-state index in [0.29, 0.717) is 5.84 Å². The largest absolute Gasteiger partial charge is 0.464 e. The summed E-state index contributed by atoms with van der Waals surface area (Å²) in [6.45, 7) is 6.26. The number of aliphatic imine (C=N–C) groups is 1. The van der Waals surface area contributed by atoms with E-state index in [0.717, 1.165) is 0 Å². The van der Waals surface area contributed by atoms with Gasteiger partial charge in [0.25, 0.3) is 0 Å². The fourth-order valence-corrected chi connectivity index (χ4v) is 0.649. The van der Waals surface area contributed by atoms with Gasteiger partial charge in [0, 0.05) is 6.92 Å². The number of rotatable bonds is 2. The zero-order chi connectivity index (χ0) is 10.4. The van der Waals surface area contributed by atoms with Crippen LogP contribution in [0, 0.1) is 0 Å². The predicted molar refractivity (Wildman–Crippen MR) is 48.1 cm³/mol. The molecule has 0 atom stereocenters. The number of methoxy groups -OCH3 is 1. The fraction of sp³-hybridized carbons (Fsp3) is 0.375. The van der Waals surface area contributed by atoms with Gasteiger partial charge in [-0.2, -0.15) is 0 Å². The number of amidine groups is 1. The van der Waals surface area contributed by atoms with Crippen molar-refractivity contribution in [2.24, 2.45) is 4.99 Å². The maximum atomic E-state index is 10.8. The van der Waals surface area contributed by atoms with E-state index in [1.807, 2.05) is 0 Å². The highest BCUT2D eigenvalue weighted by atomic mass is 16.5. The molecule has 13 heavy (non-hydrogen) atoms. The molecule has 0 aliphatic rings. The second-order valence-electron chi connectivity index (χ2n) is 2.32. The van der Waals surface area contributed by atoms with Crippen LogP contribution >= 0.6 is 0 Å². The Hall–Kier alpha value is -1.65. The lowest BCUT2D eigenvalue weighted by atomic mass is 10.5. The Labute approximate surface area is 76.5 Å². The molecule has 0 spiro atoms. The molecule has 0 heterocycles. The Kier molecular flexibility index (Phi) is 4.43. The third-order valence-electron chi connectivity index (χ3n) is 1.08. The highest BCUT2D eigenvalue weighted by Gasteiger charge is 2.05. The first-order valence-electron chi connectivity index (χ1n) is 3.57. The number of carbonyl (C=O) groups is 2. The summed E-state index contributed by atoms with van der Waals surface area (Å²) in [5, 5.41) is 2.40. The Balaban J connectivity index is 4.30. The first-order valence-corrected chi connectivity index (χ1v) is 3.57. The van der Waals surface area contributed by atoms with Crippen LogP contribution in [0.3, 0.4) is 0 Å². The minimum atomic E-state index is -0.621. The average molecular weight is 184 g/mol. The third-order valence-corrected chi connectivity index (χ3v) is 1.08. The minimum Gasteiger partial charge on any atom is -0.464 e. The highest BCUT2D eigenvalue weighted by Crippen LogP contribution is 1.95. The zero-order valence-corrected chi connectivity index (χ0v) is 7.88. The van der Waals surface area contributed by atoms with E-state index >= 15 is 0 Å². The van der Waals surface area contributed by atoms with Crippen molar-refractivity contribution in [2.75, 3.05) is 7.11 Å². The number of hydrogen-bond acceptors (Lipinski definition) is 4. The van der Waals surface area contributed by atoms with Crippen molar-refractivity contribution in [2.45, 2.75) is 13.8 Å². The Morgan fingerprint density at radius 2 is 1.92 bits per heavy atom. The number of ether oxygens (including phenoxy) is 1. The molecule has 0 unspecified atom stereocenters. The van der Waals surface area contributed by atoms with Gasteiger partial charge < -0.3 is 10.1 Å². The van der Waals surface area contributed by atoms with Gasteiger partial charge in [0.1, 0.15) is 11.5 Å². The van der Waals surface area contributed by atoms with Gasteiger partial charge in [-0.1, -0.05) is 6.58 Å². The number of carbonyl (C=O) groups excluding carboxylic acids is 2. The van der Waals surface area contributed by atoms with E-state index in [1.165, 1.54) is 14.0 Å². The fourth-order valence-electron chi connectivity index (χ4n) is 0.649. The molecule has 72 valence electrons. The lowest BCUT2D eigenvalue weighted by molar-refractivity contribution is -0.136. The summed E-state index contributed by atoms with van der Waals surface area (Å²) >= 11 is 0. The first-order chi connectivity index (χ1) is 5.97. The van der Waals surface area contributed by atoms with Crippen LogP contribution in [0.25, 0.3) is 0 Å². The molecule has 0 fully saturated rings. The summed E-state index contributed by atoms with van der Waals surface area (Å²) in [6, 6.07) is 0. The smallest absolute Gasteiger partial charge is 0.356 e. The molecular formula is C8H12N2O3. The molecule has 0 rings (SSSR count). The standard InChI is InChI=1S/C8H12N2O3/c1-5(8(12)13-4)9-6(2)10-7(3)11/h1H2,2-4H3,(H,9,10,11). The van der Waals surface area contributed by atoms with Crippen LogP contribution in [-0.2, 0) is 14.3 Å². The van der Waals surface area contributed by atoms with Gasteiger partial charge in [-0.15, -0.1) is 0 Å². The molecule has 0 aliphatic heterocycles. The second kappa shape index (κ2) is 5.08. The van der Waals surface area contributed by atoms with Gasteiger partial charge in [-0.05, 0) is 6.92 Å². The van der Waals surface area contributed by atoms with Crippen molar-refractivity contribution < 1.29 is 14.3 Å². The average Bonchev–Trinajstić information content (AvgIpc) is 2.01. The van der Waals surface area contributed by atoms with E-state index in [2.05, 4.69) is 21.6 Å². The van der Waals surface area contributed by atoms with E-state index < -0.39 is 5.97 Å². The topological polar surface area (TPSA) is 67.8 Å². The SMILES string of the molecule is C=C(/N=C(\C)NC(C)=O)C(=O)OC. The molecule has 0 aliphatic carbocycles. The van der Waals surface area contributed by atoms with Crippen LogP contribution in [0.5, 0.6) is 0 Å². The Morgan fingerprint density at radius 1 is 1.38 bits per heavy atom. The molecule has 0 bridgehead atoms. The van der Waals surface area contributed by atoms with Crippen LogP contribution in [0.4, 0.5) is 0 Å². The van der Waals surface area contributed by atoms with Crippen molar-refractivity contribution in [3.05, 3.63) is 12.3 Å². The van der Waals surface area contributed by atoms with Gasteiger partial charge in [0.15, 0.2) is 0 Å². The maximum Gasteiger partial charge on any atom is 0.356 e. The number of nitrogens with one attached hydrogen (secondary N) is 1.